The smallest absolute Gasteiger partial charge is 0.266 e. The number of pyridine rings is 1. The fourth-order valence-electron chi connectivity index (χ4n) is 2.30. The van der Waals surface area contributed by atoms with Crippen molar-refractivity contribution in [2.75, 3.05) is 13.7 Å². The maximum Gasteiger partial charge on any atom is 0.266 e. The molecule has 1 fully saturated rings. The molecule has 122 valence electrons. The maximum absolute atomic E-state index is 12.4. The Labute approximate surface area is 154 Å². The Hall–Kier alpha value is -1.89. The number of hydrogen-bond acceptors (Lipinski definition) is 5. The molecular formula is C17H13ClN2O2S2. The number of nitrogens with zero attached hydrogens (tertiary/aromatic N) is 2. The van der Waals surface area contributed by atoms with E-state index >= 15 is 0 Å². The Balaban J connectivity index is 2.03. The third-order valence-corrected chi connectivity index (χ3v) is 5.15. The molecule has 0 radical (unpaired) electrons. The number of benzene rings is 1. The van der Waals surface area contributed by atoms with Gasteiger partial charge in [-0.05, 0) is 30.3 Å². The number of methoxy groups -OCH3 is 1. The number of thioether (sulfide) groups is 1. The number of carbonyl (C=O) groups is 1. The molecule has 0 unspecified atom stereocenters. The Kier molecular flexibility index (Phi) is 4.89. The average Bonchev–Trinajstić information content (AvgIpc) is 2.83. The summed E-state index contributed by atoms with van der Waals surface area (Å²) in [4.78, 5) is 18.8. The Bertz CT molecular complexity index is 896. The molecule has 0 bridgehead atoms. The number of amides is 1. The molecule has 3 rings (SSSR count). The van der Waals surface area contributed by atoms with Crippen molar-refractivity contribution >= 4 is 62.8 Å². The summed E-state index contributed by atoms with van der Waals surface area (Å²) in [5.41, 5.74) is 1.42. The number of fused-ring (bicyclic) bond motifs is 1. The zero-order chi connectivity index (χ0) is 17.3. The van der Waals surface area contributed by atoms with Crippen LogP contribution in [-0.4, -0.2) is 33.8 Å². The molecule has 4 nitrogen and oxygen atoms in total. The monoisotopic (exact) mass is 376 g/mol. The lowest BCUT2D eigenvalue weighted by atomic mass is 10.1. The molecule has 0 saturated carbocycles. The van der Waals surface area contributed by atoms with Crippen LogP contribution in [0.1, 0.15) is 5.56 Å². The SMILES string of the molecule is C=CCN1C(=O)/C(=C/c2cc3cc(OC)ccc3nc2Cl)SC1=S. The molecule has 7 heteroatoms. The molecule has 2 aromatic rings. The number of hydrogen-bond donors (Lipinski definition) is 0. The lowest BCUT2D eigenvalue weighted by Crippen LogP contribution is -2.27. The van der Waals surface area contributed by atoms with Gasteiger partial charge >= 0.3 is 0 Å². The highest BCUT2D eigenvalue weighted by molar-refractivity contribution is 8.26. The maximum atomic E-state index is 12.4. The van der Waals surface area contributed by atoms with Gasteiger partial charge in [0.2, 0.25) is 0 Å². The molecule has 1 aliphatic rings. The quantitative estimate of drug-likeness (QED) is 0.345. The first-order chi connectivity index (χ1) is 11.5. The summed E-state index contributed by atoms with van der Waals surface area (Å²) >= 11 is 12.7. The molecular weight excluding hydrogens is 364 g/mol. The third kappa shape index (κ3) is 3.17. The summed E-state index contributed by atoms with van der Waals surface area (Å²) in [6.07, 6.45) is 3.36. The molecule has 1 aliphatic heterocycles. The highest BCUT2D eigenvalue weighted by atomic mass is 35.5. The number of halogens is 1. The van der Waals surface area contributed by atoms with Crippen LogP contribution in [0.25, 0.3) is 17.0 Å². The van der Waals surface area contributed by atoms with Crippen LogP contribution in [0.5, 0.6) is 5.75 Å². The van der Waals surface area contributed by atoms with E-state index in [-0.39, 0.29) is 5.91 Å². The Morgan fingerprint density at radius 2 is 2.25 bits per heavy atom. The number of ether oxygens (including phenoxy) is 1. The molecule has 0 spiro atoms. The first-order valence-corrected chi connectivity index (χ1v) is 8.64. The number of thiocarbonyl (C=S) groups is 1. The van der Waals surface area contributed by atoms with Crippen LogP contribution in [0, 0.1) is 0 Å². The van der Waals surface area contributed by atoms with E-state index in [0.29, 0.717) is 26.5 Å². The molecule has 0 aliphatic carbocycles. The lowest BCUT2D eigenvalue weighted by molar-refractivity contribution is -0.121. The van der Waals surface area contributed by atoms with E-state index in [4.69, 9.17) is 28.6 Å². The predicted molar refractivity (Wildman–Crippen MR) is 103 cm³/mol. The summed E-state index contributed by atoms with van der Waals surface area (Å²) < 4.78 is 5.74. The van der Waals surface area contributed by atoms with Crippen LogP contribution in [0.4, 0.5) is 0 Å². The van der Waals surface area contributed by atoms with E-state index in [9.17, 15) is 4.79 Å². The van der Waals surface area contributed by atoms with Crippen LogP contribution in [0.15, 0.2) is 41.8 Å². The van der Waals surface area contributed by atoms with Gasteiger partial charge in [0.05, 0.1) is 17.5 Å². The van der Waals surface area contributed by atoms with Crippen molar-refractivity contribution in [2.24, 2.45) is 0 Å². The predicted octanol–water partition coefficient (Wildman–Crippen LogP) is 4.28. The number of rotatable bonds is 4. The summed E-state index contributed by atoms with van der Waals surface area (Å²) in [5.74, 6) is 0.585. The molecule has 0 atom stereocenters. The summed E-state index contributed by atoms with van der Waals surface area (Å²) in [6, 6.07) is 7.42. The first kappa shape index (κ1) is 17.0. The van der Waals surface area contributed by atoms with E-state index in [1.54, 1.807) is 19.3 Å². The summed E-state index contributed by atoms with van der Waals surface area (Å²) in [5, 5.41) is 1.22. The Morgan fingerprint density at radius 1 is 1.46 bits per heavy atom. The van der Waals surface area contributed by atoms with Gasteiger partial charge in [0.25, 0.3) is 5.91 Å². The van der Waals surface area contributed by atoms with Crippen LogP contribution in [0.2, 0.25) is 5.15 Å². The second kappa shape index (κ2) is 6.93. The zero-order valence-corrected chi connectivity index (χ0v) is 15.2. The minimum Gasteiger partial charge on any atom is -0.497 e. The largest absolute Gasteiger partial charge is 0.497 e. The normalized spacial score (nSPS) is 16.2. The van der Waals surface area contributed by atoms with Crippen LogP contribution in [0.3, 0.4) is 0 Å². The Morgan fingerprint density at radius 3 is 2.96 bits per heavy atom. The summed E-state index contributed by atoms with van der Waals surface area (Å²) in [6.45, 7) is 4.03. The van der Waals surface area contributed by atoms with Gasteiger partial charge in [-0.2, -0.15) is 0 Å². The number of aromatic nitrogens is 1. The van der Waals surface area contributed by atoms with Gasteiger partial charge in [-0.25, -0.2) is 4.98 Å². The topological polar surface area (TPSA) is 42.4 Å². The highest BCUT2D eigenvalue weighted by Crippen LogP contribution is 2.34. The van der Waals surface area contributed by atoms with Gasteiger partial charge in [-0.1, -0.05) is 41.7 Å². The van der Waals surface area contributed by atoms with Crippen molar-refractivity contribution in [2.45, 2.75) is 0 Å². The minimum absolute atomic E-state index is 0.147. The van der Waals surface area contributed by atoms with Crippen molar-refractivity contribution in [3.8, 4) is 5.75 Å². The van der Waals surface area contributed by atoms with Crippen molar-refractivity contribution in [3.05, 3.63) is 52.5 Å². The summed E-state index contributed by atoms with van der Waals surface area (Å²) in [7, 11) is 1.61. The molecule has 1 amide bonds. The van der Waals surface area contributed by atoms with Crippen LogP contribution < -0.4 is 4.74 Å². The molecule has 1 saturated heterocycles. The minimum atomic E-state index is -0.147. The standard InChI is InChI=1S/C17H13ClN2O2S2/c1-3-6-20-16(21)14(24-17(20)23)9-11-7-10-8-12(22-2)4-5-13(10)19-15(11)18/h3-5,7-9H,1,6H2,2H3/b14-9-. The fraction of sp³-hybridized carbons (Fsp3) is 0.118. The molecule has 1 aromatic heterocycles. The fourth-order valence-corrected chi connectivity index (χ4v) is 3.77. The van der Waals surface area contributed by atoms with E-state index in [1.165, 1.54) is 16.7 Å². The van der Waals surface area contributed by atoms with Crippen LogP contribution in [-0.2, 0) is 4.79 Å². The van der Waals surface area contributed by atoms with Crippen molar-refractivity contribution in [3.63, 3.8) is 0 Å². The van der Waals surface area contributed by atoms with E-state index in [0.717, 1.165) is 16.7 Å². The van der Waals surface area contributed by atoms with E-state index < -0.39 is 0 Å². The molecule has 24 heavy (non-hydrogen) atoms. The molecule has 2 heterocycles. The second-order valence-electron chi connectivity index (χ2n) is 5.01. The van der Waals surface area contributed by atoms with Crippen molar-refractivity contribution in [1.29, 1.82) is 0 Å². The van der Waals surface area contributed by atoms with Gasteiger partial charge in [0.15, 0.2) is 0 Å². The van der Waals surface area contributed by atoms with E-state index in [2.05, 4.69) is 11.6 Å². The van der Waals surface area contributed by atoms with Gasteiger partial charge in [-0.3, -0.25) is 9.69 Å². The van der Waals surface area contributed by atoms with E-state index in [1.807, 2.05) is 24.3 Å². The van der Waals surface area contributed by atoms with Gasteiger partial charge in [0.1, 0.15) is 15.2 Å². The van der Waals surface area contributed by atoms with Gasteiger partial charge < -0.3 is 4.74 Å². The van der Waals surface area contributed by atoms with Crippen molar-refractivity contribution in [1.82, 2.24) is 9.88 Å². The number of carbonyl (C=O) groups excluding carboxylic acids is 1. The van der Waals surface area contributed by atoms with Gasteiger partial charge in [0, 0.05) is 17.5 Å². The first-order valence-electron chi connectivity index (χ1n) is 7.04. The average molecular weight is 377 g/mol. The third-order valence-electron chi connectivity index (χ3n) is 3.47. The second-order valence-corrected chi connectivity index (χ2v) is 7.04. The lowest BCUT2D eigenvalue weighted by Gasteiger charge is -2.10. The van der Waals surface area contributed by atoms with Gasteiger partial charge in [-0.15, -0.1) is 6.58 Å². The highest BCUT2D eigenvalue weighted by Gasteiger charge is 2.31. The van der Waals surface area contributed by atoms with Crippen molar-refractivity contribution < 1.29 is 9.53 Å². The van der Waals surface area contributed by atoms with Crippen LogP contribution >= 0.6 is 35.6 Å². The molecule has 1 aromatic carbocycles. The molecule has 0 N–H and O–H groups in total. The zero-order valence-electron chi connectivity index (χ0n) is 12.8.